The van der Waals surface area contributed by atoms with E-state index >= 15 is 0 Å². The number of ether oxygens (including phenoxy) is 1. The molecule has 0 atom stereocenters. The molecule has 4 aromatic heterocycles. The molecule has 0 saturated carbocycles. The summed E-state index contributed by atoms with van der Waals surface area (Å²) in [6.45, 7) is 22.9. The highest BCUT2D eigenvalue weighted by atomic mass is 16.6. The molecule has 0 bridgehead atoms. The first-order valence-corrected chi connectivity index (χ1v) is 15.0. The zero-order valence-electron chi connectivity index (χ0n) is 26.8. The van der Waals surface area contributed by atoms with Crippen molar-refractivity contribution in [2.75, 3.05) is 18.0 Å². The van der Waals surface area contributed by atoms with Gasteiger partial charge in [-0.25, -0.2) is 14.8 Å². The second kappa shape index (κ2) is 13.7. The molecular weight excluding hydrogens is 598 g/mol. The van der Waals surface area contributed by atoms with Gasteiger partial charge in [-0.3, -0.25) is 14.8 Å². The van der Waals surface area contributed by atoms with E-state index in [1.54, 1.807) is 35.6 Å². The smallest absolute Gasteiger partial charge is 0.407 e. The number of allylic oxidation sites excluding steroid dienone is 1. The molecule has 242 valence electrons. The van der Waals surface area contributed by atoms with Gasteiger partial charge < -0.3 is 24.4 Å². The molecule has 1 aliphatic rings. The van der Waals surface area contributed by atoms with E-state index in [9.17, 15) is 9.59 Å². The van der Waals surface area contributed by atoms with Gasteiger partial charge in [-0.2, -0.15) is 4.98 Å². The molecule has 1 aliphatic heterocycles. The Morgan fingerprint density at radius 3 is 2.49 bits per heavy atom. The number of carbonyl (C=O) groups is 2. The number of piperidine rings is 1. The maximum Gasteiger partial charge on any atom is 0.407 e. The Morgan fingerprint density at radius 1 is 1.11 bits per heavy atom. The van der Waals surface area contributed by atoms with Crippen molar-refractivity contribution < 1.29 is 18.8 Å². The zero-order valence-corrected chi connectivity index (χ0v) is 26.8. The molecule has 2 amide bonds. The Hall–Kier alpha value is -5.72. The Bertz CT molecular complexity index is 1890. The number of anilines is 1. The summed E-state index contributed by atoms with van der Waals surface area (Å²) in [5.41, 5.74) is 1.88. The van der Waals surface area contributed by atoms with Crippen molar-refractivity contribution in [2.24, 2.45) is 0 Å². The standard InChI is InChI=1S/C34H37N9O4/c1-8-21(2)43(20-27-11-9-10-14-36-27)30-22(3)23(4)37-28(39-30)24-17-25(19-35-18-24)29-40-31(47-41-29)32(44)42-15-12-26(13-16-42)38-33(45)46-34(5,6)7/h8-11,14,17-19,26H,1-4,12-13,15-16,20H2,5-7H3,(H,38,45). The average Bonchev–Trinajstić information content (AvgIpc) is 3.55. The lowest BCUT2D eigenvalue weighted by Crippen LogP contribution is -2.47. The number of aromatic nitrogens is 6. The zero-order chi connectivity index (χ0) is 33.7. The highest BCUT2D eigenvalue weighted by Gasteiger charge is 2.29. The van der Waals surface area contributed by atoms with Crippen LogP contribution in [0, 0.1) is 0 Å². The minimum atomic E-state index is -0.585. The van der Waals surface area contributed by atoms with E-state index in [-0.39, 0.29) is 23.7 Å². The molecule has 47 heavy (non-hydrogen) atoms. The second-order valence-corrected chi connectivity index (χ2v) is 12.0. The van der Waals surface area contributed by atoms with Crippen molar-refractivity contribution in [3.05, 3.63) is 89.9 Å². The van der Waals surface area contributed by atoms with Gasteiger partial charge in [-0.1, -0.05) is 37.5 Å². The predicted molar refractivity (Wildman–Crippen MR) is 177 cm³/mol. The van der Waals surface area contributed by atoms with Crippen LogP contribution in [0.2, 0.25) is 0 Å². The fourth-order valence-corrected chi connectivity index (χ4v) is 4.89. The number of nitrogens with one attached hydrogen (secondary N) is 1. The lowest BCUT2D eigenvalue weighted by molar-refractivity contribution is 0.0468. The number of hydrogen-bond donors (Lipinski definition) is 1. The third-order valence-electron chi connectivity index (χ3n) is 7.32. The normalized spacial score (nSPS) is 13.6. The molecule has 0 aliphatic carbocycles. The van der Waals surface area contributed by atoms with Gasteiger partial charge in [0.05, 0.1) is 17.6 Å². The number of hydrogen-bond acceptors (Lipinski definition) is 11. The number of nitrogens with zero attached hydrogens (tertiary/aromatic N) is 8. The SMILES string of the molecule is C=CC(=C)N(Cc1ccccn1)c1nc(-c2cncc(-c3noc(C(=O)N4CCC(NC(=O)OC(C)(C)C)CC4)n3)c2)nc(=C)c1=C. The van der Waals surface area contributed by atoms with Crippen molar-refractivity contribution in [1.82, 2.24) is 40.3 Å². The summed E-state index contributed by atoms with van der Waals surface area (Å²) in [7, 11) is 0. The quantitative estimate of drug-likeness (QED) is 0.268. The van der Waals surface area contributed by atoms with E-state index in [0.29, 0.717) is 71.5 Å². The van der Waals surface area contributed by atoms with Crippen LogP contribution in [-0.2, 0) is 11.3 Å². The summed E-state index contributed by atoms with van der Waals surface area (Å²) >= 11 is 0. The summed E-state index contributed by atoms with van der Waals surface area (Å²) < 4.78 is 10.7. The fourth-order valence-electron chi connectivity index (χ4n) is 4.89. The third kappa shape index (κ3) is 7.93. The molecule has 0 spiro atoms. The highest BCUT2D eigenvalue weighted by Crippen LogP contribution is 2.24. The topological polar surface area (TPSA) is 152 Å². The van der Waals surface area contributed by atoms with E-state index in [1.165, 1.54) is 0 Å². The molecule has 0 radical (unpaired) electrons. The number of amides is 2. The average molecular weight is 636 g/mol. The van der Waals surface area contributed by atoms with Crippen molar-refractivity contribution in [3.63, 3.8) is 0 Å². The van der Waals surface area contributed by atoms with Gasteiger partial charge in [-0.15, -0.1) is 0 Å². The van der Waals surface area contributed by atoms with Crippen LogP contribution in [0.25, 0.3) is 35.9 Å². The molecule has 5 rings (SSSR count). The van der Waals surface area contributed by atoms with Crippen LogP contribution in [0.15, 0.2) is 72.3 Å². The van der Waals surface area contributed by atoms with Crippen LogP contribution in [-0.4, -0.2) is 71.7 Å². The number of alkyl carbamates (subject to hydrolysis) is 1. The van der Waals surface area contributed by atoms with Crippen LogP contribution in [0.5, 0.6) is 0 Å². The molecule has 13 nitrogen and oxygen atoms in total. The number of pyridine rings is 2. The molecule has 4 aromatic rings. The molecule has 0 unspecified atom stereocenters. The largest absolute Gasteiger partial charge is 0.444 e. The van der Waals surface area contributed by atoms with Crippen molar-refractivity contribution in [1.29, 1.82) is 0 Å². The lowest BCUT2D eigenvalue weighted by Gasteiger charge is -2.32. The van der Waals surface area contributed by atoms with Crippen molar-refractivity contribution >= 4 is 31.0 Å². The van der Waals surface area contributed by atoms with E-state index in [1.807, 2.05) is 43.9 Å². The van der Waals surface area contributed by atoms with Crippen molar-refractivity contribution in [2.45, 2.75) is 51.8 Å². The molecule has 0 aromatic carbocycles. The number of carbonyl (C=O) groups excluding carboxylic acids is 2. The number of rotatable bonds is 9. The Labute approximate surface area is 272 Å². The van der Waals surface area contributed by atoms with Crippen LogP contribution >= 0.6 is 0 Å². The molecular formula is C34H37N9O4. The molecule has 1 fully saturated rings. The first-order chi connectivity index (χ1) is 22.4. The summed E-state index contributed by atoms with van der Waals surface area (Å²) in [5.74, 6) is 0.498. The van der Waals surface area contributed by atoms with Gasteiger partial charge in [0.25, 0.3) is 0 Å². The molecule has 1 saturated heterocycles. The second-order valence-electron chi connectivity index (χ2n) is 12.0. The van der Waals surface area contributed by atoms with Crippen molar-refractivity contribution in [3.8, 4) is 22.8 Å². The molecule has 1 N–H and O–H groups in total. The molecule has 5 heterocycles. The first-order valence-electron chi connectivity index (χ1n) is 15.0. The maximum atomic E-state index is 13.2. The van der Waals surface area contributed by atoms with Gasteiger partial charge >= 0.3 is 17.9 Å². The fraction of sp³-hybridized carbons (Fsp3) is 0.294. The van der Waals surface area contributed by atoms with Gasteiger partial charge in [0, 0.05) is 59.8 Å². The lowest BCUT2D eigenvalue weighted by atomic mass is 10.1. The van der Waals surface area contributed by atoms with E-state index in [2.05, 4.69) is 56.7 Å². The number of likely N-dealkylation sites (tertiary alicyclic amines) is 1. The van der Waals surface area contributed by atoms with E-state index in [0.717, 1.165) is 5.69 Å². The van der Waals surface area contributed by atoms with Gasteiger partial charge in [0.15, 0.2) is 5.82 Å². The molecule has 13 heteroatoms. The Balaban J connectivity index is 1.32. The predicted octanol–water partition coefficient (Wildman–Crippen LogP) is 3.64. The minimum absolute atomic E-state index is 0.1000. The van der Waals surface area contributed by atoms with Gasteiger partial charge in [0.2, 0.25) is 5.82 Å². The summed E-state index contributed by atoms with van der Waals surface area (Å²) in [5, 5.41) is 7.86. The summed E-state index contributed by atoms with van der Waals surface area (Å²) in [6, 6.07) is 7.31. The van der Waals surface area contributed by atoms with Crippen LogP contribution < -0.4 is 20.8 Å². The summed E-state index contributed by atoms with van der Waals surface area (Å²) in [4.78, 5) is 51.3. The van der Waals surface area contributed by atoms with Crippen LogP contribution in [0.1, 0.15) is 50.0 Å². The van der Waals surface area contributed by atoms with Crippen LogP contribution in [0.3, 0.4) is 0 Å². The van der Waals surface area contributed by atoms with E-state index in [4.69, 9.17) is 14.2 Å². The monoisotopic (exact) mass is 635 g/mol. The van der Waals surface area contributed by atoms with E-state index < -0.39 is 11.7 Å². The highest BCUT2D eigenvalue weighted by molar-refractivity contribution is 5.90. The van der Waals surface area contributed by atoms with Crippen LogP contribution in [0.4, 0.5) is 10.6 Å². The van der Waals surface area contributed by atoms with Gasteiger partial charge in [0.1, 0.15) is 11.4 Å². The third-order valence-corrected chi connectivity index (χ3v) is 7.32. The Morgan fingerprint density at radius 2 is 1.83 bits per heavy atom. The summed E-state index contributed by atoms with van der Waals surface area (Å²) in [6.07, 6.45) is 7.19. The minimum Gasteiger partial charge on any atom is -0.444 e. The van der Waals surface area contributed by atoms with Gasteiger partial charge in [-0.05, 0) is 57.9 Å². The Kier molecular flexibility index (Phi) is 9.54. The first kappa shape index (κ1) is 32.7. The maximum absolute atomic E-state index is 13.2.